The number of carbonyl (C=O) groups excluding carboxylic acids is 2. The Hall–Kier alpha value is -1.57. The number of carbonyl (C=O) groups is 2. The molecule has 0 unspecified atom stereocenters. The number of benzene rings is 1. The molecule has 134 valence electrons. The molecule has 1 aromatic carbocycles. The molecule has 0 atom stereocenters. The Labute approximate surface area is 143 Å². The van der Waals surface area contributed by atoms with Crippen LogP contribution in [0.2, 0.25) is 0 Å². The first-order valence-corrected chi connectivity index (χ1v) is 9.63. The van der Waals surface area contributed by atoms with Crippen LogP contribution in [0.4, 0.5) is 0 Å². The van der Waals surface area contributed by atoms with Crippen molar-refractivity contribution in [1.29, 1.82) is 0 Å². The van der Waals surface area contributed by atoms with E-state index >= 15 is 0 Å². The van der Waals surface area contributed by atoms with E-state index in [1.165, 1.54) is 18.6 Å². The minimum absolute atomic E-state index is 0.00846. The summed E-state index contributed by atoms with van der Waals surface area (Å²) in [4.78, 5) is 23.8. The molecule has 24 heavy (non-hydrogen) atoms. The van der Waals surface area contributed by atoms with Gasteiger partial charge in [-0.25, -0.2) is 0 Å². The first-order valence-electron chi connectivity index (χ1n) is 8.19. The van der Waals surface area contributed by atoms with E-state index in [0.29, 0.717) is 6.42 Å². The third kappa shape index (κ3) is 5.81. The Kier molecular flexibility index (Phi) is 8.24. The van der Waals surface area contributed by atoms with Crippen molar-refractivity contribution in [3.8, 4) is 0 Å². The second kappa shape index (κ2) is 9.66. The van der Waals surface area contributed by atoms with E-state index in [-0.39, 0.29) is 23.3 Å². The summed E-state index contributed by atoms with van der Waals surface area (Å²) in [5, 5.41) is 0. The molecule has 0 amide bonds. The van der Waals surface area contributed by atoms with Crippen LogP contribution >= 0.6 is 0 Å². The van der Waals surface area contributed by atoms with E-state index in [1.54, 1.807) is 0 Å². The summed E-state index contributed by atoms with van der Waals surface area (Å²) < 4.78 is 32.2. The summed E-state index contributed by atoms with van der Waals surface area (Å²) in [5.41, 5.74) is 5.02. The molecule has 6 nitrogen and oxygen atoms in total. The highest BCUT2D eigenvalue weighted by Gasteiger charge is 2.25. The third-order valence-electron chi connectivity index (χ3n) is 3.83. The standard InChI is InChI=1S/C17H25NO5S/c1-2-3-4-5-6-7-10-14(19)13-9-8-11-16(24(21,22)23)17(13)15(20)12-18/h8-9,11H,2-7,10,12,18H2,1H3,(H,21,22,23). The Balaban J connectivity index is 2.94. The van der Waals surface area contributed by atoms with E-state index in [4.69, 9.17) is 5.73 Å². The van der Waals surface area contributed by atoms with Gasteiger partial charge in [-0.2, -0.15) is 8.42 Å². The fourth-order valence-electron chi connectivity index (χ4n) is 2.57. The zero-order valence-corrected chi connectivity index (χ0v) is 14.8. The highest BCUT2D eigenvalue weighted by Crippen LogP contribution is 2.22. The smallest absolute Gasteiger partial charge is 0.295 e. The van der Waals surface area contributed by atoms with E-state index < -0.39 is 27.3 Å². The summed E-state index contributed by atoms with van der Waals surface area (Å²) in [6, 6.07) is 3.83. The first kappa shape index (κ1) is 20.5. The van der Waals surface area contributed by atoms with Crippen molar-refractivity contribution in [1.82, 2.24) is 0 Å². The SMILES string of the molecule is CCCCCCCCC(=O)c1cccc(S(=O)(=O)O)c1C(=O)CN. The average molecular weight is 355 g/mol. The highest BCUT2D eigenvalue weighted by atomic mass is 32.2. The summed E-state index contributed by atoms with van der Waals surface area (Å²) in [5.74, 6) is -0.998. The Morgan fingerprint density at radius 1 is 1.04 bits per heavy atom. The average Bonchev–Trinajstić information content (AvgIpc) is 2.55. The molecule has 0 aliphatic rings. The Morgan fingerprint density at radius 3 is 2.25 bits per heavy atom. The van der Waals surface area contributed by atoms with Crippen LogP contribution in [0.1, 0.15) is 72.6 Å². The second-order valence-electron chi connectivity index (χ2n) is 5.72. The van der Waals surface area contributed by atoms with Gasteiger partial charge in [-0.15, -0.1) is 0 Å². The zero-order chi connectivity index (χ0) is 18.2. The molecule has 0 aliphatic heterocycles. The molecule has 0 saturated heterocycles. The molecule has 0 radical (unpaired) electrons. The van der Waals surface area contributed by atoms with Gasteiger partial charge in [-0.3, -0.25) is 14.1 Å². The van der Waals surface area contributed by atoms with Crippen LogP contribution in [0.3, 0.4) is 0 Å². The van der Waals surface area contributed by atoms with Gasteiger partial charge in [-0.05, 0) is 12.5 Å². The van der Waals surface area contributed by atoms with Crippen LogP contribution in [0, 0.1) is 0 Å². The number of hydrogen-bond donors (Lipinski definition) is 2. The number of unbranched alkanes of at least 4 members (excludes halogenated alkanes) is 5. The van der Waals surface area contributed by atoms with Crippen molar-refractivity contribution in [2.45, 2.75) is 56.8 Å². The quantitative estimate of drug-likeness (QED) is 0.358. The van der Waals surface area contributed by atoms with Gasteiger partial charge >= 0.3 is 0 Å². The van der Waals surface area contributed by atoms with Crippen LogP contribution in [0.15, 0.2) is 23.1 Å². The second-order valence-corrected chi connectivity index (χ2v) is 7.11. The van der Waals surface area contributed by atoms with Gasteiger partial charge in [0.2, 0.25) is 0 Å². The maximum atomic E-state index is 12.4. The zero-order valence-electron chi connectivity index (χ0n) is 14.0. The van der Waals surface area contributed by atoms with Crippen molar-refractivity contribution >= 4 is 21.7 Å². The van der Waals surface area contributed by atoms with E-state index in [2.05, 4.69) is 6.92 Å². The number of ketones is 2. The minimum Gasteiger partial charge on any atom is -0.324 e. The molecule has 0 spiro atoms. The molecule has 3 N–H and O–H groups in total. The van der Waals surface area contributed by atoms with Gasteiger partial charge in [0.05, 0.1) is 12.1 Å². The summed E-state index contributed by atoms with van der Waals surface area (Å²) in [6.45, 7) is 1.69. The van der Waals surface area contributed by atoms with Gasteiger partial charge in [0, 0.05) is 12.0 Å². The summed E-state index contributed by atoms with van der Waals surface area (Å²) >= 11 is 0. The lowest BCUT2D eigenvalue weighted by atomic mass is 9.96. The van der Waals surface area contributed by atoms with Crippen molar-refractivity contribution in [3.05, 3.63) is 29.3 Å². The number of nitrogens with two attached hydrogens (primary N) is 1. The lowest BCUT2D eigenvalue weighted by Crippen LogP contribution is -2.21. The predicted octanol–water partition coefficient (Wildman–Crippen LogP) is 3.01. The number of hydrogen-bond acceptors (Lipinski definition) is 5. The molecule has 0 aliphatic carbocycles. The van der Waals surface area contributed by atoms with Gasteiger partial charge in [0.15, 0.2) is 11.6 Å². The van der Waals surface area contributed by atoms with Gasteiger partial charge in [0.25, 0.3) is 10.1 Å². The largest absolute Gasteiger partial charge is 0.324 e. The Morgan fingerprint density at radius 2 is 1.67 bits per heavy atom. The lowest BCUT2D eigenvalue weighted by molar-refractivity contribution is 0.0953. The monoisotopic (exact) mass is 355 g/mol. The van der Waals surface area contributed by atoms with E-state index in [9.17, 15) is 22.6 Å². The lowest BCUT2D eigenvalue weighted by Gasteiger charge is -2.11. The minimum atomic E-state index is -4.61. The number of rotatable bonds is 11. The van der Waals surface area contributed by atoms with Crippen LogP contribution in [0.25, 0.3) is 0 Å². The van der Waals surface area contributed by atoms with Crippen LogP contribution in [-0.4, -0.2) is 31.1 Å². The molecule has 0 heterocycles. The molecule has 0 fully saturated rings. The summed E-state index contributed by atoms with van der Waals surface area (Å²) in [7, 11) is -4.61. The Bertz CT molecular complexity index is 682. The highest BCUT2D eigenvalue weighted by molar-refractivity contribution is 7.86. The van der Waals surface area contributed by atoms with E-state index in [1.807, 2.05) is 0 Å². The fraction of sp³-hybridized carbons (Fsp3) is 0.529. The summed E-state index contributed by atoms with van der Waals surface area (Å²) in [6.07, 6.45) is 6.29. The normalized spacial score (nSPS) is 11.5. The molecule has 0 saturated carbocycles. The topological polar surface area (TPSA) is 115 Å². The van der Waals surface area contributed by atoms with Crippen LogP contribution in [-0.2, 0) is 10.1 Å². The fourth-order valence-corrected chi connectivity index (χ4v) is 3.30. The molecule has 0 bridgehead atoms. The molecular weight excluding hydrogens is 330 g/mol. The third-order valence-corrected chi connectivity index (χ3v) is 4.72. The van der Waals surface area contributed by atoms with Gasteiger partial charge < -0.3 is 5.73 Å². The van der Waals surface area contributed by atoms with Crippen molar-refractivity contribution in [3.63, 3.8) is 0 Å². The van der Waals surface area contributed by atoms with Gasteiger partial charge in [0.1, 0.15) is 4.90 Å². The maximum absolute atomic E-state index is 12.4. The van der Waals surface area contributed by atoms with Crippen LogP contribution in [0.5, 0.6) is 0 Å². The van der Waals surface area contributed by atoms with Gasteiger partial charge in [-0.1, -0.05) is 51.2 Å². The molecule has 1 rings (SSSR count). The molecular formula is C17H25NO5S. The van der Waals surface area contributed by atoms with Crippen molar-refractivity contribution in [2.24, 2.45) is 5.73 Å². The number of Topliss-reactive ketones (excluding diaryl/α,β-unsaturated/α-hetero) is 2. The van der Waals surface area contributed by atoms with Crippen LogP contribution < -0.4 is 5.73 Å². The first-order chi connectivity index (χ1) is 11.3. The van der Waals surface area contributed by atoms with Crippen molar-refractivity contribution in [2.75, 3.05) is 6.54 Å². The van der Waals surface area contributed by atoms with Crippen molar-refractivity contribution < 1.29 is 22.6 Å². The molecule has 7 heteroatoms. The predicted molar refractivity (Wildman–Crippen MR) is 92.0 cm³/mol. The molecule has 1 aromatic rings. The van der Waals surface area contributed by atoms with E-state index in [0.717, 1.165) is 31.7 Å². The molecule has 0 aromatic heterocycles. The maximum Gasteiger partial charge on any atom is 0.295 e.